The van der Waals surface area contributed by atoms with Gasteiger partial charge in [-0.3, -0.25) is 4.57 Å². The molecule has 4 rings (SSSR count). The number of amides is 2. The molecule has 2 atom stereocenters. The smallest absolute Gasteiger partial charge is 0.326 e. The molecular formula is C19H26N6O2. The van der Waals surface area contributed by atoms with Crippen LogP contribution in [-0.4, -0.2) is 61.5 Å². The molecule has 2 unspecified atom stereocenters. The number of aromatic amines is 2. The molecule has 0 spiro atoms. The Bertz CT molecular complexity index is 1030. The standard InChI is InChI=1S/C19H26N6O2/c1-4-23(5-2)19(27)24-9-7-12(3)15(11-24)25-16-13-6-8-20-17(13)21-10-14(16)22-18(25)26/h6,8,10,12,15H,4-5,7,9,11H2,1-3H3,(H,20,21)(H,22,26). The zero-order valence-corrected chi connectivity index (χ0v) is 16.0. The molecule has 0 radical (unpaired) electrons. The predicted octanol–water partition coefficient (Wildman–Crippen LogP) is 2.55. The van der Waals surface area contributed by atoms with Crippen molar-refractivity contribution in [1.82, 2.24) is 29.3 Å². The Morgan fingerprint density at radius 1 is 1.37 bits per heavy atom. The normalized spacial score (nSPS) is 20.5. The van der Waals surface area contributed by atoms with Crippen molar-refractivity contribution in [2.24, 2.45) is 5.92 Å². The number of rotatable bonds is 3. The van der Waals surface area contributed by atoms with Gasteiger partial charge in [0.05, 0.1) is 23.3 Å². The van der Waals surface area contributed by atoms with Gasteiger partial charge < -0.3 is 19.8 Å². The number of aromatic nitrogens is 4. The van der Waals surface area contributed by atoms with E-state index in [0.29, 0.717) is 25.6 Å². The van der Waals surface area contributed by atoms with E-state index in [2.05, 4.69) is 21.9 Å². The van der Waals surface area contributed by atoms with Gasteiger partial charge in [-0.15, -0.1) is 0 Å². The molecule has 8 nitrogen and oxygen atoms in total. The minimum absolute atomic E-state index is 0.0539. The zero-order valence-electron chi connectivity index (χ0n) is 16.0. The summed E-state index contributed by atoms with van der Waals surface area (Å²) in [7, 11) is 0. The van der Waals surface area contributed by atoms with Gasteiger partial charge in [-0.05, 0) is 32.3 Å². The van der Waals surface area contributed by atoms with Gasteiger partial charge in [-0.2, -0.15) is 0 Å². The molecule has 1 aliphatic rings. The van der Waals surface area contributed by atoms with Gasteiger partial charge in [0.25, 0.3) is 0 Å². The Morgan fingerprint density at radius 2 is 2.15 bits per heavy atom. The number of carbonyl (C=O) groups excluding carboxylic acids is 1. The lowest BCUT2D eigenvalue weighted by molar-refractivity contribution is 0.114. The number of piperidine rings is 1. The Morgan fingerprint density at radius 3 is 2.89 bits per heavy atom. The molecule has 2 N–H and O–H groups in total. The number of imidazole rings is 1. The van der Waals surface area contributed by atoms with Crippen LogP contribution in [0.15, 0.2) is 23.3 Å². The minimum Gasteiger partial charge on any atom is -0.346 e. The number of fused-ring (bicyclic) bond motifs is 3. The number of urea groups is 1. The molecule has 3 aromatic heterocycles. The van der Waals surface area contributed by atoms with E-state index in [0.717, 1.165) is 35.0 Å². The molecule has 8 heteroatoms. The van der Waals surface area contributed by atoms with E-state index in [9.17, 15) is 9.59 Å². The van der Waals surface area contributed by atoms with Gasteiger partial charge in [-0.1, -0.05) is 6.92 Å². The summed E-state index contributed by atoms with van der Waals surface area (Å²) in [6.07, 6.45) is 4.40. The number of carbonyl (C=O) groups is 1. The molecular weight excluding hydrogens is 344 g/mol. The first kappa shape index (κ1) is 17.6. The van der Waals surface area contributed by atoms with Gasteiger partial charge >= 0.3 is 11.7 Å². The summed E-state index contributed by atoms with van der Waals surface area (Å²) in [6, 6.07) is 1.93. The van der Waals surface area contributed by atoms with E-state index in [4.69, 9.17) is 0 Å². The maximum absolute atomic E-state index is 12.8. The quantitative estimate of drug-likeness (QED) is 0.742. The van der Waals surface area contributed by atoms with Gasteiger partial charge in [0, 0.05) is 37.8 Å². The molecule has 3 aromatic rings. The topological polar surface area (TPSA) is 90.0 Å². The molecule has 0 saturated carbocycles. The number of nitrogens with zero attached hydrogens (tertiary/aromatic N) is 4. The second kappa shape index (κ2) is 6.75. The lowest BCUT2D eigenvalue weighted by Crippen LogP contribution is -2.50. The van der Waals surface area contributed by atoms with E-state index in [1.807, 2.05) is 40.5 Å². The second-order valence-electron chi connectivity index (χ2n) is 7.29. The summed E-state index contributed by atoms with van der Waals surface area (Å²) in [5, 5.41) is 0.922. The van der Waals surface area contributed by atoms with Crippen LogP contribution < -0.4 is 5.69 Å². The van der Waals surface area contributed by atoms with Crippen LogP contribution in [0.5, 0.6) is 0 Å². The lowest BCUT2D eigenvalue weighted by atomic mass is 9.93. The number of hydrogen-bond donors (Lipinski definition) is 2. The number of likely N-dealkylation sites (tertiary alicyclic amines) is 1. The highest BCUT2D eigenvalue weighted by Crippen LogP contribution is 2.31. The van der Waals surface area contributed by atoms with Crippen molar-refractivity contribution in [2.75, 3.05) is 26.2 Å². The molecule has 1 aliphatic heterocycles. The Kier molecular flexibility index (Phi) is 4.41. The third-order valence-electron chi connectivity index (χ3n) is 5.81. The summed E-state index contributed by atoms with van der Waals surface area (Å²) >= 11 is 0. The molecule has 0 aromatic carbocycles. The van der Waals surface area contributed by atoms with Crippen LogP contribution >= 0.6 is 0 Å². The molecule has 0 bridgehead atoms. The van der Waals surface area contributed by atoms with Crippen LogP contribution in [0.25, 0.3) is 22.1 Å². The number of H-pyrrole nitrogens is 2. The van der Waals surface area contributed by atoms with Crippen molar-refractivity contribution in [2.45, 2.75) is 33.2 Å². The molecule has 2 amide bonds. The average molecular weight is 370 g/mol. The molecule has 144 valence electrons. The molecule has 0 aliphatic carbocycles. The number of hydrogen-bond acceptors (Lipinski definition) is 3. The first-order valence-electron chi connectivity index (χ1n) is 9.65. The van der Waals surface area contributed by atoms with Crippen molar-refractivity contribution in [3.8, 4) is 0 Å². The maximum atomic E-state index is 12.8. The van der Waals surface area contributed by atoms with Crippen LogP contribution in [0.4, 0.5) is 4.79 Å². The van der Waals surface area contributed by atoms with E-state index in [-0.39, 0.29) is 17.8 Å². The SMILES string of the molecule is CCN(CC)C(=O)N1CCC(C)C(n2c(=O)[nH]c3cnc4[nH]ccc4c32)C1. The van der Waals surface area contributed by atoms with Crippen molar-refractivity contribution < 1.29 is 4.79 Å². The number of pyridine rings is 1. The Labute approximate surface area is 157 Å². The average Bonchev–Trinajstić information content (AvgIpc) is 3.26. The zero-order chi connectivity index (χ0) is 19.1. The number of nitrogens with one attached hydrogen (secondary N) is 2. The largest absolute Gasteiger partial charge is 0.346 e. The molecule has 1 fully saturated rings. The highest BCUT2D eigenvalue weighted by atomic mass is 16.2. The summed E-state index contributed by atoms with van der Waals surface area (Å²) in [4.78, 5) is 39.8. The fourth-order valence-corrected chi connectivity index (χ4v) is 4.19. The van der Waals surface area contributed by atoms with E-state index in [1.165, 1.54) is 0 Å². The first-order valence-corrected chi connectivity index (χ1v) is 9.65. The predicted molar refractivity (Wildman–Crippen MR) is 105 cm³/mol. The summed E-state index contributed by atoms with van der Waals surface area (Å²) in [6.45, 7) is 8.79. The lowest BCUT2D eigenvalue weighted by Gasteiger charge is -2.39. The van der Waals surface area contributed by atoms with E-state index in [1.54, 1.807) is 6.20 Å². The van der Waals surface area contributed by atoms with Crippen LogP contribution in [0.3, 0.4) is 0 Å². The first-order chi connectivity index (χ1) is 13.0. The van der Waals surface area contributed by atoms with Gasteiger partial charge in [0.1, 0.15) is 5.65 Å². The van der Waals surface area contributed by atoms with Crippen molar-refractivity contribution in [3.63, 3.8) is 0 Å². The monoisotopic (exact) mass is 370 g/mol. The van der Waals surface area contributed by atoms with Crippen LogP contribution in [0, 0.1) is 5.92 Å². The van der Waals surface area contributed by atoms with Crippen LogP contribution in [0.2, 0.25) is 0 Å². The van der Waals surface area contributed by atoms with Crippen LogP contribution in [0.1, 0.15) is 33.2 Å². The molecule has 4 heterocycles. The highest BCUT2D eigenvalue weighted by Gasteiger charge is 2.33. The van der Waals surface area contributed by atoms with Crippen LogP contribution in [-0.2, 0) is 0 Å². The third kappa shape index (κ3) is 2.79. The molecule has 1 saturated heterocycles. The molecule has 27 heavy (non-hydrogen) atoms. The van der Waals surface area contributed by atoms with Crippen molar-refractivity contribution in [1.29, 1.82) is 0 Å². The van der Waals surface area contributed by atoms with E-state index < -0.39 is 0 Å². The summed E-state index contributed by atoms with van der Waals surface area (Å²) in [5.41, 5.74) is 2.20. The fraction of sp³-hybridized carbons (Fsp3) is 0.526. The van der Waals surface area contributed by atoms with Gasteiger partial charge in [-0.25, -0.2) is 14.6 Å². The third-order valence-corrected chi connectivity index (χ3v) is 5.81. The van der Waals surface area contributed by atoms with E-state index >= 15 is 0 Å². The van der Waals surface area contributed by atoms with Crippen molar-refractivity contribution >= 4 is 28.1 Å². The second-order valence-corrected chi connectivity index (χ2v) is 7.29. The Hall–Kier alpha value is -2.77. The fourth-order valence-electron chi connectivity index (χ4n) is 4.19. The Balaban J connectivity index is 1.77. The highest BCUT2D eigenvalue weighted by molar-refractivity contribution is 6.00. The minimum atomic E-state index is -0.144. The maximum Gasteiger partial charge on any atom is 0.326 e. The van der Waals surface area contributed by atoms with Crippen molar-refractivity contribution in [3.05, 3.63) is 28.9 Å². The summed E-state index contributed by atoms with van der Waals surface area (Å²) < 4.78 is 1.83. The van der Waals surface area contributed by atoms with Gasteiger partial charge in [0.15, 0.2) is 0 Å². The summed E-state index contributed by atoms with van der Waals surface area (Å²) in [5.74, 6) is 0.296. The van der Waals surface area contributed by atoms with Gasteiger partial charge in [0.2, 0.25) is 0 Å².